The van der Waals surface area contributed by atoms with Gasteiger partial charge in [-0.3, -0.25) is 4.79 Å². The molecule has 0 spiro atoms. The third-order valence-corrected chi connectivity index (χ3v) is 5.09. The Kier molecular flexibility index (Phi) is 4.85. The van der Waals surface area contributed by atoms with Crippen LogP contribution in [0.5, 0.6) is 0 Å². The molecule has 0 aliphatic rings. The summed E-state index contributed by atoms with van der Waals surface area (Å²) in [7, 11) is 1.62. The van der Waals surface area contributed by atoms with Crippen LogP contribution in [0, 0.1) is 0 Å². The smallest absolute Gasteiger partial charge is 0.251 e. The van der Waals surface area contributed by atoms with E-state index >= 15 is 0 Å². The van der Waals surface area contributed by atoms with Crippen LogP contribution in [0.2, 0.25) is 5.02 Å². The molecule has 0 aliphatic carbocycles. The maximum atomic E-state index is 12.5. The lowest BCUT2D eigenvalue weighted by atomic mass is 9.95. The fraction of sp³-hybridized carbons (Fsp3) is 0.222. The number of benzene rings is 2. The zero-order chi connectivity index (χ0) is 17.2. The Morgan fingerprint density at radius 3 is 2.92 bits per heavy atom. The summed E-state index contributed by atoms with van der Waals surface area (Å²) in [5.41, 5.74) is 3.53. The number of carbonyl (C=O) groups excluding carboxylic acids is 1. The van der Waals surface area contributed by atoms with Crippen LogP contribution in [0.4, 0.5) is 0 Å². The van der Waals surface area contributed by atoms with Gasteiger partial charge in [0.1, 0.15) is 5.60 Å². The predicted molar refractivity (Wildman–Crippen MR) is 97.8 cm³/mol. The van der Waals surface area contributed by atoms with Gasteiger partial charge in [-0.25, -0.2) is 4.98 Å². The number of nitrogens with one attached hydrogen (secondary N) is 1. The van der Waals surface area contributed by atoms with E-state index in [1.165, 1.54) is 11.3 Å². The lowest BCUT2D eigenvalue weighted by molar-refractivity contribution is 0.00316. The molecule has 1 amide bonds. The minimum atomic E-state index is -0.658. The van der Waals surface area contributed by atoms with Crippen LogP contribution in [-0.2, 0) is 10.3 Å². The summed E-state index contributed by atoms with van der Waals surface area (Å²) < 4.78 is 6.63. The van der Waals surface area contributed by atoms with E-state index in [1.807, 2.05) is 43.3 Å². The zero-order valence-corrected chi connectivity index (χ0v) is 14.9. The largest absolute Gasteiger partial charge is 0.372 e. The van der Waals surface area contributed by atoms with Crippen molar-refractivity contribution in [2.24, 2.45) is 0 Å². The molecular formula is C18H17ClN2O2S. The molecule has 6 heteroatoms. The maximum Gasteiger partial charge on any atom is 0.251 e. The summed E-state index contributed by atoms with van der Waals surface area (Å²) in [5, 5.41) is 3.58. The first kappa shape index (κ1) is 16.9. The topological polar surface area (TPSA) is 51.2 Å². The molecule has 3 aromatic rings. The fourth-order valence-electron chi connectivity index (χ4n) is 2.46. The van der Waals surface area contributed by atoms with Gasteiger partial charge in [-0.15, -0.1) is 11.3 Å². The number of halogens is 1. The van der Waals surface area contributed by atoms with Crippen LogP contribution in [0.1, 0.15) is 22.8 Å². The van der Waals surface area contributed by atoms with Gasteiger partial charge >= 0.3 is 0 Å². The molecule has 2 aromatic carbocycles. The van der Waals surface area contributed by atoms with E-state index < -0.39 is 5.60 Å². The van der Waals surface area contributed by atoms with Gasteiger partial charge < -0.3 is 10.1 Å². The van der Waals surface area contributed by atoms with Gasteiger partial charge in [0.15, 0.2) is 0 Å². The van der Waals surface area contributed by atoms with Crippen LogP contribution >= 0.6 is 22.9 Å². The van der Waals surface area contributed by atoms with Gasteiger partial charge in [-0.05, 0) is 42.8 Å². The van der Waals surface area contributed by atoms with E-state index in [-0.39, 0.29) is 5.91 Å². The molecule has 0 aliphatic heterocycles. The van der Waals surface area contributed by atoms with E-state index in [4.69, 9.17) is 16.3 Å². The first-order chi connectivity index (χ1) is 11.5. The van der Waals surface area contributed by atoms with E-state index in [0.29, 0.717) is 17.1 Å². The molecular weight excluding hydrogens is 344 g/mol. The number of methoxy groups -OCH3 is 1. The second kappa shape index (κ2) is 6.89. The second-order valence-corrected chi connectivity index (χ2v) is 6.99. The molecule has 4 nitrogen and oxygen atoms in total. The molecule has 0 unspecified atom stereocenters. The number of aromatic nitrogens is 1. The Balaban J connectivity index is 1.76. The van der Waals surface area contributed by atoms with Crippen molar-refractivity contribution in [2.45, 2.75) is 12.5 Å². The second-order valence-electron chi connectivity index (χ2n) is 5.66. The number of ether oxygens (including phenoxy) is 1. The molecule has 1 heterocycles. The number of thiazole rings is 1. The van der Waals surface area contributed by atoms with Gasteiger partial charge in [0.25, 0.3) is 5.91 Å². The predicted octanol–water partition coefficient (Wildman–Crippen LogP) is 4.24. The Morgan fingerprint density at radius 2 is 2.17 bits per heavy atom. The van der Waals surface area contributed by atoms with Gasteiger partial charge in [-0.2, -0.15) is 0 Å². The Hall–Kier alpha value is -1.95. The molecule has 0 saturated carbocycles. The average Bonchev–Trinajstić information content (AvgIpc) is 3.07. The van der Waals surface area contributed by atoms with Crippen molar-refractivity contribution in [1.29, 1.82) is 0 Å². The third kappa shape index (κ3) is 3.43. The first-order valence-corrected chi connectivity index (χ1v) is 8.70. The highest BCUT2D eigenvalue weighted by Gasteiger charge is 2.27. The van der Waals surface area contributed by atoms with E-state index in [0.717, 1.165) is 15.8 Å². The molecule has 24 heavy (non-hydrogen) atoms. The number of fused-ring (bicyclic) bond motifs is 1. The number of hydrogen-bond acceptors (Lipinski definition) is 4. The maximum absolute atomic E-state index is 12.5. The van der Waals surface area contributed by atoms with Crippen molar-refractivity contribution < 1.29 is 9.53 Å². The summed E-state index contributed by atoms with van der Waals surface area (Å²) in [6, 6.07) is 12.9. The van der Waals surface area contributed by atoms with Crippen molar-refractivity contribution in [3.63, 3.8) is 0 Å². The number of rotatable bonds is 5. The number of nitrogens with zero attached hydrogens (tertiary/aromatic N) is 1. The number of amides is 1. The Morgan fingerprint density at radius 1 is 1.33 bits per heavy atom. The minimum Gasteiger partial charge on any atom is -0.372 e. The van der Waals surface area contributed by atoms with Crippen LogP contribution in [0.15, 0.2) is 48.0 Å². The molecule has 0 fully saturated rings. The molecule has 0 bridgehead atoms. The van der Waals surface area contributed by atoms with Gasteiger partial charge in [-0.1, -0.05) is 23.7 Å². The van der Waals surface area contributed by atoms with Crippen LogP contribution in [0.25, 0.3) is 10.2 Å². The van der Waals surface area contributed by atoms with E-state index in [2.05, 4.69) is 10.3 Å². The molecule has 1 aromatic heterocycles. The fourth-order valence-corrected chi connectivity index (χ4v) is 3.36. The summed E-state index contributed by atoms with van der Waals surface area (Å²) >= 11 is 7.58. The van der Waals surface area contributed by atoms with Crippen LogP contribution in [0.3, 0.4) is 0 Å². The van der Waals surface area contributed by atoms with E-state index in [1.54, 1.807) is 18.7 Å². The van der Waals surface area contributed by atoms with Crippen LogP contribution < -0.4 is 5.32 Å². The average molecular weight is 361 g/mol. The van der Waals surface area contributed by atoms with Crippen LogP contribution in [-0.4, -0.2) is 24.5 Å². The highest BCUT2D eigenvalue weighted by molar-refractivity contribution is 7.16. The summed E-state index contributed by atoms with van der Waals surface area (Å²) in [4.78, 5) is 16.7. The Labute approximate surface area is 149 Å². The van der Waals surface area contributed by atoms with Gasteiger partial charge in [0.05, 0.1) is 22.3 Å². The minimum absolute atomic E-state index is 0.143. The first-order valence-electron chi connectivity index (χ1n) is 7.44. The summed E-state index contributed by atoms with van der Waals surface area (Å²) in [6.45, 7) is 2.26. The summed E-state index contributed by atoms with van der Waals surface area (Å²) in [5.74, 6) is -0.143. The lowest BCUT2D eigenvalue weighted by Gasteiger charge is -2.29. The highest BCUT2D eigenvalue weighted by Crippen LogP contribution is 2.26. The normalized spacial score (nSPS) is 13.6. The standard InChI is InChI=1S/C18H17ClN2O2S/c1-18(23-2,13-4-3-5-14(19)9-13)10-20-17(22)12-6-7-15-16(8-12)24-11-21-15/h3-9,11H,10H2,1-2H3,(H,20,22)/t18-/m0/s1. The number of hydrogen-bond donors (Lipinski definition) is 1. The monoisotopic (exact) mass is 360 g/mol. The van der Waals surface area contributed by atoms with E-state index in [9.17, 15) is 4.79 Å². The van der Waals surface area contributed by atoms with Crippen molar-refractivity contribution >= 4 is 39.1 Å². The molecule has 1 atom stereocenters. The number of carbonyl (C=O) groups is 1. The van der Waals surface area contributed by atoms with Crippen molar-refractivity contribution in [3.05, 3.63) is 64.1 Å². The molecule has 1 N–H and O–H groups in total. The molecule has 0 saturated heterocycles. The lowest BCUT2D eigenvalue weighted by Crippen LogP contribution is -2.40. The SMILES string of the molecule is CO[C@@](C)(CNC(=O)c1ccc2ncsc2c1)c1cccc(Cl)c1. The summed E-state index contributed by atoms with van der Waals surface area (Å²) in [6.07, 6.45) is 0. The molecule has 124 valence electrons. The molecule has 0 radical (unpaired) electrons. The highest BCUT2D eigenvalue weighted by atomic mass is 35.5. The third-order valence-electron chi connectivity index (χ3n) is 4.07. The van der Waals surface area contributed by atoms with Gasteiger partial charge in [0, 0.05) is 17.7 Å². The Bertz CT molecular complexity index is 880. The van der Waals surface area contributed by atoms with Crippen molar-refractivity contribution in [1.82, 2.24) is 10.3 Å². The molecule has 3 rings (SSSR count). The zero-order valence-electron chi connectivity index (χ0n) is 13.4. The quantitative estimate of drug-likeness (QED) is 0.740. The van der Waals surface area contributed by atoms with Crippen molar-refractivity contribution in [2.75, 3.05) is 13.7 Å². The van der Waals surface area contributed by atoms with Crippen molar-refractivity contribution in [3.8, 4) is 0 Å². The van der Waals surface area contributed by atoms with Gasteiger partial charge in [0.2, 0.25) is 0 Å².